The van der Waals surface area contributed by atoms with Crippen LogP contribution in [0.3, 0.4) is 0 Å². The Labute approximate surface area is 126 Å². The number of ketones is 1. The predicted molar refractivity (Wildman–Crippen MR) is 82.2 cm³/mol. The quantitative estimate of drug-likeness (QED) is 0.792. The van der Waals surface area contributed by atoms with Crippen molar-refractivity contribution in [3.05, 3.63) is 29.0 Å². The molecule has 1 aromatic heterocycles. The lowest BCUT2D eigenvalue weighted by molar-refractivity contribution is 0.0967. The van der Waals surface area contributed by atoms with Crippen molar-refractivity contribution in [2.75, 3.05) is 13.1 Å². The number of halogens is 1. The second-order valence-electron chi connectivity index (χ2n) is 6.57. The van der Waals surface area contributed by atoms with Crippen LogP contribution in [0.25, 0.3) is 0 Å². The van der Waals surface area contributed by atoms with Crippen LogP contribution in [0.5, 0.6) is 0 Å². The molecule has 20 heavy (non-hydrogen) atoms. The molecule has 2 heterocycles. The molecule has 0 bridgehead atoms. The van der Waals surface area contributed by atoms with Crippen molar-refractivity contribution in [3.63, 3.8) is 0 Å². The fraction of sp³-hybridized carbons (Fsp3) is 0.625. The van der Waals surface area contributed by atoms with Gasteiger partial charge < -0.3 is 0 Å². The highest BCUT2D eigenvalue weighted by atomic mass is 35.5. The monoisotopic (exact) mass is 294 g/mol. The van der Waals surface area contributed by atoms with E-state index in [1.807, 2.05) is 0 Å². The predicted octanol–water partition coefficient (Wildman–Crippen LogP) is 3.82. The van der Waals surface area contributed by atoms with E-state index in [1.165, 1.54) is 6.42 Å². The van der Waals surface area contributed by atoms with Crippen molar-refractivity contribution in [2.45, 2.75) is 45.6 Å². The molecule has 0 spiro atoms. The fourth-order valence-electron chi connectivity index (χ4n) is 2.72. The molecule has 0 N–H and O–H groups in total. The molecule has 110 valence electrons. The standard InChI is InChI=1S/C16H23ClN2O/c1-16(2,3)19-10-8-12(11-19)6-7-14(20)15-13(17)5-4-9-18-15/h4-5,9,12H,6-8,10-11H2,1-3H3. The van der Waals surface area contributed by atoms with Crippen molar-refractivity contribution < 1.29 is 4.79 Å². The lowest BCUT2D eigenvalue weighted by Crippen LogP contribution is -2.39. The molecule has 1 aromatic rings. The number of carbonyl (C=O) groups is 1. The van der Waals surface area contributed by atoms with Crippen molar-refractivity contribution in [2.24, 2.45) is 5.92 Å². The summed E-state index contributed by atoms with van der Waals surface area (Å²) in [6.45, 7) is 8.95. The molecule has 1 fully saturated rings. The van der Waals surface area contributed by atoms with Crippen LogP contribution in [0.4, 0.5) is 0 Å². The van der Waals surface area contributed by atoms with Gasteiger partial charge in [-0.2, -0.15) is 0 Å². The van der Waals surface area contributed by atoms with Gasteiger partial charge in [-0.1, -0.05) is 11.6 Å². The molecule has 0 aromatic carbocycles. The van der Waals surface area contributed by atoms with Crippen LogP contribution in [-0.4, -0.2) is 34.3 Å². The summed E-state index contributed by atoms with van der Waals surface area (Å²) in [5.74, 6) is 0.672. The zero-order valence-corrected chi connectivity index (χ0v) is 13.3. The first-order valence-electron chi connectivity index (χ1n) is 7.26. The fourth-order valence-corrected chi connectivity index (χ4v) is 2.95. The molecule has 4 heteroatoms. The van der Waals surface area contributed by atoms with Gasteiger partial charge in [0.05, 0.1) is 5.02 Å². The number of carbonyl (C=O) groups excluding carboxylic acids is 1. The second kappa shape index (κ2) is 6.23. The molecule has 0 amide bonds. The van der Waals surface area contributed by atoms with E-state index in [4.69, 9.17) is 11.6 Å². The van der Waals surface area contributed by atoms with Crippen LogP contribution < -0.4 is 0 Å². The van der Waals surface area contributed by atoms with Gasteiger partial charge in [0.1, 0.15) is 5.69 Å². The van der Waals surface area contributed by atoms with Crippen LogP contribution in [0.1, 0.15) is 50.5 Å². The number of Topliss-reactive ketones (excluding diaryl/α,β-unsaturated/α-hetero) is 1. The Morgan fingerprint density at radius 3 is 2.85 bits per heavy atom. The maximum absolute atomic E-state index is 12.1. The summed E-state index contributed by atoms with van der Waals surface area (Å²) >= 11 is 6.01. The molecule has 0 radical (unpaired) electrons. The Balaban J connectivity index is 1.85. The molecule has 1 aliphatic heterocycles. The van der Waals surface area contributed by atoms with Gasteiger partial charge in [-0.05, 0) is 58.2 Å². The zero-order chi connectivity index (χ0) is 14.8. The minimum Gasteiger partial charge on any atom is -0.298 e. The molecule has 2 rings (SSSR count). The molecular weight excluding hydrogens is 272 g/mol. The normalized spacial score (nSPS) is 20.3. The van der Waals surface area contributed by atoms with Crippen LogP contribution >= 0.6 is 11.6 Å². The Morgan fingerprint density at radius 1 is 1.50 bits per heavy atom. The minimum atomic E-state index is 0.0600. The van der Waals surface area contributed by atoms with Crippen LogP contribution in [0.2, 0.25) is 5.02 Å². The third-order valence-electron chi connectivity index (χ3n) is 4.04. The number of rotatable bonds is 4. The topological polar surface area (TPSA) is 33.2 Å². The van der Waals surface area contributed by atoms with Crippen molar-refractivity contribution in [1.29, 1.82) is 0 Å². The Hall–Kier alpha value is -0.930. The molecule has 1 atom stereocenters. The molecular formula is C16H23ClN2O. The summed E-state index contributed by atoms with van der Waals surface area (Å²) in [6.07, 6.45) is 4.27. The van der Waals surface area contributed by atoms with Gasteiger partial charge in [0.2, 0.25) is 0 Å². The number of likely N-dealkylation sites (tertiary alicyclic amines) is 1. The van der Waals surface area contributed by atoms with Crippen molar-refractivity contribution in [1.82, 2.24) is 9.88 Å². The average molecular weight is 295 g/mol. The van der Waals surface area contributed by atoms with Gasteiger partial charge in [0, 0.05) is 24.7 Å². The van der Waals surface area contributed by atoms with Gasteiger partial charge in [0.25, 0.3) is 0 Å². The summed E-state index contributed by atoms with van der Waals surface area (Å²) in [4.78, 5) is 18.7. The lowest BCUT2D eigenvalue weighted by Gasteiger charge is -2.31. The molecule has 0 aliphatic carbocycles. The number of aromatic nitrogens is 1. The largest absolute Gasteiger partial charge is 0.298 e. The molecule has 0 saturated carbocycles. The highest BCUT2D eigenvalue weighted by Gasteiger charge is 2.30. The number of nitrogens with zero attached hydrogens (tertiary/aromatic N) is 2. The highest BCUT2D eigenvalue weighted by molar-refractivity contribution is 6.33. The lowest BCUT2D eigenvalue weighted by atomic mass is 9.99. The van der Waals surface area contributed by atoms with E-state index >= 15 is 0 Å². The SMILES string of the molecule is CC(C)(C)N1CCC(CCC(=O)c2ncccc2Cl)C1. The summed E-state index contributed by atoms with van der Waals surface area (Å²) in [5.41, 5.74) is 0.642. The maximum Gasteiger partial charge on any atom is 0.182 e. The van der Waals surface area contributed by atoms with E-state index < -0.39 is 0 Å². The second-order valence-corrected chi connectivity index (χ2v) is 6.97. The third kappa shape index (κ3) is 3.80. The third-order valence-corrected chi connectivity index (χ3v) is 4.34. The Bertz CT molecular complexity index is 482. The van der Waals surface area contributed by atoms with E-state index in [9.17, 15) is 4.79 Å². The van der Waals surface area contributed by atoms with E-state index in [0.29, 0.717) is 23.1 Å². The first kappa shape index (κ1) is 15.5. The molecule has 1 unspecified atom stereocenters. The first-order valence-corrected chi connectivity index (χ1v) is 7.64. The molecule has 1 aliphatic rings. The van der Waals surface area contributed by atoms with Crippen LogP contribution in [-0.2, 0) is 0 Å². The highest BCUT2D eigenvalue weighted by Crippen LogP contribution is 2.27. The van der Waals surface area contributed by atoms with Crippen LogP contribution in [0, 0.1) is 5.92 Å². The van der Waals surface area contributed by atoms with Crippen LogP contribution in [0.15, 0.2) is 18.3 Å². The van der Waals surface area contributed by atoms with Crippen molar-refractivity contribution >= 4 is 17.4 Å². The zero-order valence-electron chi connectivity index (χ0n) is 12.5. The maximum atomic E-state index is 12.1. The summed E-state index contributed by atoms with van der Waals surface area (Å²) in [6, 6.07) is 3.47. The number of hydrogen-bond donors (Lipinski definition) is 0. The van der Waals surface area contributed by atoms with E-state index in [-0.39, 0.29) is 11.3 Å². The number of pyridine rings is 1. The summed E-state index contributed by atoms with van der Waals surface area (Å²) in [7, 11) is 0. The van der Waals surface area contributed by atoms with E-state index in [2.05, 4.69) is 30.7 Å². The van der Waals surface area contributed by atoms with Gasteiger partial charge in [0.15, 0.2) is 5.78 Å². The Kier molecular flexibility index (Phi) is 4.82. The van der Waals surface area contributed by atoms with E-state index in [0.717, 1.165) is 19.5 Å². The van der Waals surface area contributed by atoms with Gasteiger partial charge in [-0.25, -0.2) is 0 Å². The van der Waals surface area contributed by atoms with Gasteiger partial charge in [-0.3, -0.25) is 14.7 Å². The number of hydrogen-bond acceptors (Lipinski definition) is 3. The Morgan fingerprint density at radius 2 is 2.25 bits per heavy atom. The minimum absolute atomic E-state index is 0.0600. The molecule has 1 saturated heterocycles. The van der Waals surface area contributed by atoms with E-state index in [1.54, 1.807) is 18.3 Å². The van der Waals surface area contributed by atoms with Gasteiger partial charge in [-0.15, -0.1) is 0 Å². The summed E-state index contributed by atoms with van der Waals surface area (Å²) in [5, 5.41) is 0.459. The smallest absolute Gasteiger partial charge is 0.182 e. The average Bonchev–Trinajstić information content (AvgIpc) is 2.85. The molecule has 3 nitrogen and oxygen atoms in total. The van der Waals surface area contributed by atoms with Crippen molar-refractivity contribution in [3.8, 4) is 0 Å². The summed E-state index contributed by atoms with van der Waals surface area (Å²) < 4.78 is 0. The first-order chi connectivity index (χ1) is 9.38. The van der Waals surface area contributed by atoms with Gasteiger partial charge >= 0.3 is 0 Å².